The molecule has 68 valence electrons. The van der Waals surface area contributed by atoms with E-state index in [1.165, 1.54) is 19.3 Å². The van der Waals surface area contributed by atoms with Crippen LogP contribution in [0.1, 0.15) is 0 Å². The van der Waals surface area contributed by atoms with Crippen molar-refractivity contribution in [3.63, 3.8) is 0 Å². The first kappa shape index (κ1) is 8.55. The summed E-state index contributed by atoms with van der Waals surface area (Å²) in [4.78, 5) is 0. The van der Waals surface area contributed by atoms with Gasteiger partial charge in [-0.25, -0.2) is 0 Å². The zero-order valence-electron chi connectivity index (χ0n) is 7.33. The zero-order chi connectivity index (χ0) is 9.54. The Balaban J connectivity index is 2.65. The molecule has 0 aliphatic heterocycles. The van der Waals surface area contributed by atoms with E-state index in [0.717, 1.165) is 5.02 Å². The number of fused-ring (bicyclic) bond motifs is 3. The molecule has 0 amide bonds. The van der Waals surface area contributed by atoms with Gasteiger partial charge in [-0.05, 0) is 0 Å². The van der Waals surface area contributed by atoms with Gasteiger partial charge in [0.25, 0.3) is 0 Å². The monoisotopic (exact) mass is 266 g/mol. The molecule has 0 fully saturated rings. The van der Waals surface area contributed by atoms with Gasteiger partial charge in [0.15, 0.2) is 0 Å². The molecule has 2 heteroatoms. The number of hydrogen-bond acceptors (Lipinski definition) is 0. The normalized spacial score (nSPS) is 11.2. The summed E-state index contributed by atoms with van der Waals surface area (Å²) in [6.07, 6.45) is 0. The summed E-state index contributed by atoms with van der Waals surface area (Å²) in [5.74, 6) is 0. The first-order chi connectivity index (χ1) is 6.86. The first-order valence-electron chi connectivity index (χ1n) is 4.42. The predicted octanol–water partition coefficient (Wildman–Crippen LogP) is 3.70. The fraction of sp³-hybridized carbons (Fsp3) is 0. The molecule has 0 aliphatic rings. The van der Waals surface area contributed by atoms with Gasteiger partial charge in [-0.1, -0.05) is 0 Å². The number of hydrogen-bond donors (Lipinski definition) is 0. The molecule has 0 saturated heterocycles. The van der Waals surface area contributed by atoms with Crippen molar-refractivity contribution in [2.24, 2.45) is 0 Å². The van der Waals surface area contributed by atoms with Crippen LogP contribution in [-0.4, -0.2) is 14.5 Å². The average Bonchev–Trinajstić information content (AvgIpc) is 2.57. The van der Waals surface area contributed by atoms with Crippen LogP contribution in [0.4, 0.5) is 0 Å². The van der Waals surface area contributed by atoms with Crippen LogP contribution in [0.25, 0.3) is 19.3 Å². The van der Waals surface area contributed by atoms with Gasteiger partial charge in [0, 0.05) is 0 Å². The molecule has 0 N–H and O–H groups in total. The van der Waals surface area contributed by atoms with Crippen molar-refractivity contribution in [3.8, 4) is 0 Å². The van der Waals surface area contributed by atoms with Crippen molar-refractivity contribution < 1.29 is 0 Å². The molecule has 3 aromatic rings. The Labute approximate surface area is 92.9 Å². The molecule has 0 atom stereocenters. The van der Waals surface area contributed by atoms with Crippen LogP contribution < -0.4 is 0 Å². The third-order valence-corrected chi connectivity index (χ3v) is 5.05. The summed E-state index contributed by atoms with van der Waals surface area (Å²) >= 11 is 6.65. The second-order valence-corrected chi connectivity index (χ2v) is 5.89. The van der Waals surface area contributed by atoms with E-state index in [1.807, 2.05) is 12.1 Å². The van der Waals surface area contributed by atoms with Gasteiger partial charge >= 0.3 is 92.9 Å². The van der Waals surface area contributed by atoms with Crippen molar-refractivity contribution in [1.29, 1.82) is 0 Å². The van der Waals surface area contributed by atoms with E-state index in [-0.39, 0.29) is 0 Å². The minimum absolute atomic E-state index is 0.441. The van der Waals surface area contributed by atoms with Crippen LogP contribution in [0.15, 0.2) is 42.5 Å². The molecule has 3 rings (SSSR count). The third kappa shape index (κ3) is 1.14. The van der Waals surface area contributed by atoms with Crippen LogP contribution in [-0.2, 0) is 0 Å². The maximum atomic E-state index is 6.21. The fourth-order valence-corrected chi connectivity index (χ4v) is 4.51. The van der Waals surface area contributed by atoms with Crippen molar-refractivity contribution in [1.82, 2.24) is 0 Å². The Kier molecular flexibility index (Phi) is 1.91. The molecule has 0 unspecified atom stereocenters. The summed E-state index contributed by atoms with van der Waals surface area (Å²) in [5, 5.41) is 3.46. The van der Waals surface area contributed by atoms with E-state index in [2.05, 4.69) is 30.3 Å². The average molecular weight is 266 g/mol. The topological polar surface area (TPSA) is 0 Å². The van der Waals surface area contributed by atoms with Crippen molar-refractivity contribution >= 4 is 45.4 Å². The molecule has 1 heterocycles. The number of rotatable bonds is 0. The van der Waals surface area contributed by atoms with Crippen molar-refractivity contribution in [2.75, 3.05) is 0 Å². The second kappa shape index (κ2) is 3.13. The Morgan fingerprint density at radius 3 is 2.57 bits per heavy atom. The third-order valence-electron chi connectivity index (χ3n) is 2.35. The van der Waals surface area contributed by atoms with Crippen molar-refractivity contribution in [2.45, 2.75) is 0 Å². The fourth-order valence-electron chi connectivity index (χ4n) is 1.73. The summed E-state index contributed by atoms with van der Waals surface area (Å²) in [5.41, 5.74) is 0. The van der Waals surface area contributed by atoms with E-state index in [4.69, 9.17) is 11.6 Å². The van der Waals surface area contributed by atoms with Crippen LogP contribution in [0.2, 0.25) is 5.02 Å². The SMILES string of the molecule is Clc1cccc2[se]c3ccccc3c12. The standard InChI is InChI=1S/C12H7ClSe/c13-9-5-3-7-11-12(9)8-4-1-2-6-10(8)14-11/h1-7H. The summed E-state index contributed by atoms with van der Waals surface area (Å²) < 4.78 is 2.86. The molecule has 0 saturated carbocycles. The molecular weight excluding hydrogens is 259 g/mol. The first-order valence-corrected chi connectivity index (χ1v) is 6.51. The summed E-state index contributed by atoms with van der Waals surface area (Å²) in [6, 6.07) is 14.7. The summed E-state index contributed by atoms with van der Waals surface area (Å²) in [6.45, 7) is 0. The van der Waals surface area contributed by atoms with E-state index in [0.29, 0.717) is 14.5 Å². The molecule has 0 aliphatic carbocycles. The predicted molar refractivity (Wildman–Crippen MR) is 63.4 cm³/mol. The molecule has 0 spiro atoms. The van der Waals surface area contributed by atoms with Gasteiger partial charge in [0.05, 0.1) is 0 Å². The van der Waals surface area contributed by atoms with Gasteiger partial charge in [-0.15, -0.1) is 0 Å². The van der Waals surface area contributed by atoms with Gasteiger partial charge in [-0.3, -0.25) is 0 Å². The Morgan fingerprint density at radius 1 is 0.857 bits per heavy atom. The van der Waals surface area contributed by atoms with Gasteiger partial charge in [-0.2, -0.15) is 0 Å². The summed E-state index contributed by atoms with van der Waals surface area (Å²) in [7, 11) is 0. The van der Waals surface area contributed by atoms with E-state index in [1.54, 1.807) is 0 Å². The second-order valence-electron chi connectivity index (χ2n) is 3.21. The zero-order valence-corrected chi connectivity index (χ0v) is 9.80. The van der Waals surface area contributed by atoms with Crippen LogP contribution in [0, 0.1) is 0 Å². The number of benzene rings is 2. The molecule has 0 bridgehead atoms. The van der Waals surface area contributed by atoms with Crippen molar-refractivity contribution in [3.05, 3.63) is 47.5 Å². The Hall–Kier alpha value is -0.751. The van der Waals surface area contributed by atoms with Gasteiger partial charge < -0.3 is 0 Å². The van der Waals surface area contributed by atoms with Crippen LogP contribution in [0.5, 0.6) is 0 Å². The van der Waals surface area contributed by atoms with E-state index in [9.17, 15) is 0 Å². The molecular formula is C12H7ClSe. The van der Waals surface area contributed by atoms with Crippen LogP contribution in [0.3, 0.4) is 0 Å². The molecule has 0 radical (unpaired) electrons. The quantitative estimate of drug-likeness (QED) is 0.544. The maximum absolute atomic E-state index is 6.21. The van der Waals surface area contributed by atoms with Gasteiger partial charge in [0.1, 0.15) is 0 Å². The minimum atomic E-state index is 0.441. The Bertz CT molecular complexity index is 610. The van der Waals surface area contributed by atoms with E-state index < -0.39 is 0 Å². The van der Waals surface area contributed by atoms with E-state index >= 15 is 0 Å². The Morgan fingerprint density at radius 2 is 1.64 bits per heavy atom. The number of halogens is 1. The molecule has 2 aromatic carbocycles. The molecule has 0 nitrogen and oxygen atoms in total. The van der Waals surface area contributed by atoms with Gasteiger partial charge in [0.2, 0.25) is 0 Å². The van der Waals surface area contributed by atoms with Crippen LogP contribution >= 0.6 is 11.6 Å². The molecule has 14 heavy (non-hydrogen) atoms. The molecule has 1 aromatic heterocycles.